The second-order valence-corrected chi connectivity index (χ2v) is 11.7. The summed E-state index contributed by atoms with van der Waals surface area (Å²) < 4.78 is 12.5. The third-order valence-corrected chi connectivity index (χ3v) is 8.82. The van der Waals surface area contributed by atoms with Gasteiger partial charge in [-0.05, 0) is 25.7 Å². The zero-order valence-corrected chi connectivity index (χ0v) is 22.7. The first-order valence-corrected chi connectivity index (χ1v) is 14.6. The molecular weight excluding hydrogens is 401 g/mol. The van der Waals surface area contributed by atoms with Gasteiger partial charge in [0, 0.05) is 12.8 Å². The van der Waals surface area contributed by atoms with Crippen LogP contribution in [0.3, 0.4) is 0 Å². The standard InChI is InChI=1S/C27H55NO2P/c1-6-8-9-10-11-12-13-14-15-16-17-18-19-20-21-22-23-24-25-26-27(7-2,31(29)30)28(3,4)5/h8-9H,6-7,10-26H2,1-5H3/q+1/b9-8-. The van der Waals surface area contributed by atoms with Crippen LogP contribution >= 0.6 is 8.03 Å². The van der Waals surface area contributed by atoms with Crippen LogP contribution in [0.4, 0.5) is 0 Å². The largest absolute Gasteiger partial charge is 0.590 e. The van der Waals surface area contributed by atoms with Gasteiger partial charge >= 0.3 is 8.03 Å². The topological polar surface area (TPSA) is 40.1 Å². The Morgan fingerprint density at radius 1 is 0.677 bits per heavy atom. The van der Waals surface area contributed by atoms with Gasteiger partial charge in [-0.3, -0.25) is 4.48 Å². The van der Waals surface area contributed by atoms with E-state index in [2.05, 4.69) is 19.1 Å². The van der Waals surface area contributed by atoms with Gasteiger partial charge in [0.2, 0.25) is 0 Å². The Bertz CT molecular complexity index is 459. The van der Waals surface area contributed by atoms with Gasteiger partial charge in [-0.15, -0.1) is 0 Å². The molecule has 4 heteroatoms. The average Bonchev–Trinajstić information content (AvgIpc) is 2.71. The molecule has 0 heterocycles. The molecule has 0 fully saturated rings. The highest BCUT2D eigenvalue weighted by Crippen LogP contribution is 2.44. The van der Waals surface area contributed by atoms with Crippen LogP contribution in [-0.2, 0) is 4.57 Å². The Labute approximate surface area is 196 Å². The highest BCUT2D eigenvalue weighted by molar-refractivity contribution is 7.38. The van der Waals surface area contributed by atoms with Crippen molar-refractivity contribution in [2.45, 2.75) is 141 Å². The zero-order chi connectivity index (χ0) is 23.4. The Morgan fingerprint density at radius 3 is 1.39 bits per heavy atom. The fourth-order valence-corrected chi connectivity index (χ4v) is 5.79. The van der Waals surface area contributed by atoms with Crippen molar-refractivity contribution in [3.63, 3.8) is 0 Å². The lowest BCUT2D eigenvalue weighted by Gasteiger charge is -2.39. The van der Waals surface area contributed by atoms with Gasteiger partial charge in [0.15, 0.2) is 0 Å². The maximum Gasteiger partial charge on any atom is 0.376 e. The van der Waals surface area contributed by atoms with E-state index in [9.17, 15) is 9.46 Å². The number of quaternary nitrogens is 1. The lowest BCUT2D eigenvalue weighted by Crippen LogP contribution is -2.55. The molecule has 0 bridgehead atoms. The van der Waals surface area contributed by atoms with Crippen LogP contribution in [0.15, 0.2) is 12.2 Å². The van der Waals surface area contributed by atoms with E-state index >= 15 is 0 Å². The molecule has 3 nitrogen and oxygen atoms in total. The molecular formula is C27H55NO2P+. The Kier molecular flexibility index (Phi) is 19.1. The average molecular weight is 457 g/mol. The molecule has 0 radical (unpaired) electrons. The van der Waals surface area contributed by atoms with Crippen molar-refractivity contribution >= 4 is 8.03 Å². The normalized spacial score (nSPS) is 14.8. The fourth-order valence-electron chi connectivity index (χ4n) is 4.70. The Hall–Kier alpha value is -0.240. The SMILES string of the molecule is CC/C=C\CCCCCCCCCCCCCCCCCC(CC)([P+](=O)[O-])[N+](C)(C)C. The summed E-state index contributed by atoms with van der Waals surface area (Å²) in [6, 6.07) is 0. The summed E-state index contributed by atoms with van der Waals surface area (Å²) in [6.07, 6.45) is 28.7. The molecule has 0 aromatic heterocycles. The summed E-state index contributed by atoms with van der Waals surface area (Å²) in [6.45, 7) is 4.22. The molecule has 2 unspecified atom stereocenters. The quantitative estimate of drug-likeness (QED) is 0.0709. The van der Waals surface area contributed by atoms with Crippen LogP contribution in [0.2, 0.25) is 0 Å². The first kappa shape index (κ1) is 30.8. The predicted octanol–water partition coefficient (Wildman–Crippen LogP) is 8.50. The molecule has 0 saturated heterocycles. The minimum absolute atomic E-state index is 0.513. The van der Waals surface area contributed by atoms with Crippen LogP contribution < -0.4 is 4.89 Å². The van der Waals surface area contributed by atoms with Crippen LogP contribution in [-0.4, -0.2) is 30.9 Å². The summed E-state index contributed by atoms with van der Waals surface area (Å²) >= 11 is 0. The molecule has 0 aliphatic heterocycles. The molecule has 0 amide bonds. The Morgan fingerprint density at radius 2 is 1.06 bits per heavy atom. The zero-order valence-electron chi connectivity index (χ0n) is 21.8. The van der Waals surface area contributed by atoms with E-state index in [1.54, 1.807) is 0 Å². The molecule has 2 atom stereocenters. The molecule has 0 rings (SSSR count). The van der Waals surface area contributed by atoms with E-state index in [1.807, 2.05) is 28.1 Å². The number of nitrogens with zero attached hydrogens (tertiary/aromatic N) is 1. The lowest BCUT2D eigenvalue weighted by atomic mass is 10.0. The predicted molar refractivity (Wildman–Crippen MR) is 137 cm³/mol. The first-order valence-electron chi connectivity index (χ1n) is 13.4. The van der Waals surface area contributed by atoms with Crippen molar-refractivity contribution < 1.29 is 13.9 Å². The molecule has 0 aromatic carbocycles. The maximum absolute atomic E-state index is 11.9. The van der Waals surface area contributed by atoms with E-state index in [4.69, 9.17) is 0 Å². The van der Waals surface area contributed by atoms with Crippen LogP contribution in [0.1, 0.15) is 136 Å². The lowest BCUT2D eigenvalue weighted by molar-refractivity contribution is -0.910. The molecule has 0 N–H and O–H groups in total. The molecule has 0 aliphatic carbocycles. The smallest absolute Gasteiger partial charge is 0.376 e. The fraction of sp³-hybridized carbons (Fsp3) is 0.926. The molecule has 31 heavy (non-hydrogen) atoms. The second-order valence-electron chi connectivity index (χ2n) is 10.3. The van der Waals surface area contributed by atoms with Crippen LogP contribution in [0.5, 0.6) is 0 Å². The van der Waals surface area contributed by atoms with Crippen molar-refractivity contribution in [2.24, 2.45) is 0 Å². The number of allylic oxidation sites excluding steroid dienone is 2. The highest BCUT2D eigenvalue weighted by Gasteiger charge is 2.52. The summed E-state index contributed by atoms with van der Waals surface area (Å²) in [5, 5.41) is -0.596. The summed E-state index contributed by atoms with van der Waals surface area (Å²) in [5.74, 6) is 0. The number of hydrogen-bond donors (Lipinski definition) is 0. The first-order chi connectivity index (χ1) is 14.8. The van der Waals surface area contributed by atoms with Crippen molar-refractivity contribution in [3.8, 4) is 0 Å². The van der Waals surface area contributed by atoms with E-state index in [-0.39, 0.29) is 0 Å². The monoisotopic (exact) mass is 456 g/mol. The molecule has 0 aromatic rings. The van der Waals surface area contributed by atoms with Crippen LogP contribution in [0, 0.1) is 0 Å². The van der Waals surface area contributed by atoms with E-state index in [0.29, 0.717) is 10.9 Å². The highest BCUT2D eigenvalue weighted by atomic mass is 31.1. The minimum Gasteiger partial charge on any atom is -0.590 e. The minimum atomic E-state index is -2.41. The molecule has 0 saturated carbocycles. The van der Waals surface area contributed by atoms with Gasteiger partial charge < -0.3 is 4.89 Å². The summed E-state index contributed by atoms with van der Waals surface area (Å²) in [5.41, 5.74) is 0. The van der Waals surface area contributed by atoms with Gasteiger partial charge in [0.25, 0.3) is 5.28 Å². The molecule has 0 spiro atoms. The summed E-state index contributed by atoms with van der Waals surface area (Å²) in [7, 11) is 3.64. The number of rotatable bonds is 22. The second kappa shape index (κ2) is 19.2. The number of unbranched alkanes of at least 4 members (excludes halogenated alkanes) is 15. The number of hydrogen-bond acceptors (Lipinski definition) is 2. The van der Waals surface area contributed by atoms with E-state index < -0.39 is 13.3 Å². The van der Waals surface area contributed by atoms with Gasteiger partial charge in [0.1, 0.15) is 0 Å². The van der Waals surface area contributed by atoms with Crippen LogP contribution in [0.25, 0.3) is 0 Å². The summed E-state index contributed by atoms with van der Waals surface area (Å²) in [4.78, 5) is 11.9. The van der Waals surface area contributed by atoms with Gasteiger partial charge in [0.05, 0.1) is 21.1 Å². The van der Waals surface area contributed by atoms with Crippen molar-refractivity contribution in [2.75, 3.05) is 21.1 Å². The van der Waals surface area contributed by atoms with Crippen molar-refractivity contribution in [1.29, 1.82) is 0 Å². The van der Waals surface area contributed by atoms with Crippen molar-refractivity contribution in [1.82, 2.24) is 0 Å². The van der Waals surface area contributed by atoms with Gasteiger partial charge in [-0.2, -0.15) is 0 Å². The Balaban J connectivity index is 3.49. The van der Waals surface area contributed by atoms with Gasteiger partial charge in [-0.1, -0.05) is 114 Å². The van der Waals surface area contributed by atoms with E-state index in [0.717, 1.165) is 12.8 Å². The molecule has 184 valence electrons. The molecule has 0 aliphatic rings. The third kappa shape index (κ3) is 14.5. The van der Waals surface area contributed by atoms with Crippen molar-refractivity contribution in [3.05, 3.63) is 12.2 Å². The third-order valence-electron chi connectivity index (χ3n) is 7.01. The van der Waals surface area contributed by atoms with E-state index in [1.165, 1.54) is 103 Å². The maximum atomic E-state index is 11.9. The van der Waals surface area contributed by atoms with Gasteiger partial charge in [-0.25, -0.2) is 0 Å².